The summed E-state index contributed by atoms with van der Waals surface area (Å²) in [7, 11) is -2.20. The summed E-state index contributed by atoms with van der Waals surface area (Å²) in [6.07, 6.45) is 0.244. The Morgan fingerprint density at radius 3 is 2.40 bits per heavy atom. The summed E-state index contributed by atoms with van der Waals surface area (Å²) in [5.74, 6) is -0.603. The maximum atomic E-state index is 13.0. The van der Waals surface area contributed by atoms with E-state index in [4.69, 9.17) is 16.0 Å². The fraction of sp³-hybridized carbons (Fsp3) is 0.300. The quantitative estimate of drug-likeness (QED) is 0.606. The SMILES string of the molecule is Cn1c(=O)oc2cc(S(=O)(=O)N3CCN(C(=O)Cc4ccc(Cl)cc4)CC3)ccc21. The van der Waals surface area contributed by atoms with Gasteiger partial charge in [0.25, 0.3) is 0 Å². The van der Waals surface area contributed by atoms with Crippen LogP contribution in [0.5, 0.6) is 0 Å². The Hall–Kier alpha value is -2.62. The van der Waals surface area contributed by atoms with Gasteiger partial charge in [-0.2, -0.15) is 4.31 Å². The molecule has 2 aromatic carbocycles. The Morgan fingerprint density at radius 2 is 1.73 bits per heavy atom. The van der Waals surface area contributed by atoms with Crippen LogP contribution in [-0.2, 0) is 28.3 Å². The first kappa shape index (κ1) is 20.6. The number of nitrogens with zero attached hydrogens (tertiary/aromatic N) is 3. The standard InChI is InChI=1S/C20H20ClN3O5S/c1-22-17-7-6-16(13-18(17)29-20(22)26)30(27,28)24-10-8-23(9-11-24)19(25)12-14-2-4-15(21)5-3-14/h2-7,13H,8-12H2,1H3. The molecule has 2 heterocycles. The Kier molecular flexibility index (Phi) is 5.44. The fourth-order valence-corrected chi connectivity index (χ4v) is 5.05. The first-order chi connectivity index (χ1) is 14.3. The number of carbonyl (C=O) groups excluding carboxylic acids is 1. The highest BCUT2D eigenvalue weighted by Gasteiger charge is 2.30. The van der Waals surface area contributed by atoms with Gasteiger partial charge in [0.05, 0.1) is 16.8 Å². The number of aryl methyl sites for hydroxylation is 1. The second kappa shape index (κ2) is 7.90. The van der Waals surface area contributed by atoms with Gasteiger partial charge in [-0.3, -0.25) is 9.36 Å². The fourth-order valence-electron chi connectivity index (χ4n) is 3.49. The van der Waals surface area contributed by atoms with Crippen LogP contribution in [-0.4, -0.2) is 54.3 Å². The van der Waals surface area contributed by atoms with E-state index in [9.17, 15) is 18.0 Å². The van der Waals surface area contributed by atoms with Crippen LogP contribution in [0.3, 0.4) is 0 Å². The van der Waals surface area contributed by atoms with Gasteiger partial charge in [0.1, 0.15) is 0 Å². The van der Waals surface area contributed by atoms with Crippen molar-refractivity contribution < 1.29 is 17.6 Å². The lowest BCUT2D eigenvalue weighted by atomic mass is 10.1. The van der Waals surface area contributed by atoms with Gasteiger partial charge < -0.3 is 9.32 Å². The van der Waals surface area contributed by atoms with Crippen molar-refractivity contribution in [3.63, 3.8) is 0 Å². The smallest absolute Gasteiger partial charge is 0.408 e. The number of aromatic nitrogens is 1. The molecule has 0 aliphatic carbocycles. The van der Waals surface area contributed by atoms with E-state index in [-0.39, 0.29) is 35.9 Å². The zero-order valence-electron chi connectivity index (χ0n) is 16.2. The van der Waals surface area contributed by atoms with Crippen molar-refractivity contribution in [1.82, 2.24) is 13.8 Å². The van der Waals surface area contributed by atoms with Gasteiger partial charge in [-0.15, -0.1) is 0 Å². The number of benzene rings is 2. The maximum absolute atomic E-state index is 13.0. The lowest BCUT2D eigenvalue weighted by molar-refractivity contribution is -0.131. The Morgan fingerprint density at radius 1 is 1.07 bits per heavy atom. The van der Waals surface area contributed by atoms with Crippen LogP contribution >= 0.6 is 11.6 Å². The molecule has 0 radical (unpaired) electrons. The first-order valence-electron chi connectivity index (χ1n) is 9.37. The third kappa shape index (κ3) is 3.88. The maximum Gasteiger partial charge on any atom is 0.419 e. The predicted octanol–water partition coefficient (Wildman–Crippen LogP) is 1.86. The molecule has 0 atom stereocenters. The number of sulfonamides is 1. The summed E-state index contributed by atoms with van der Waals surface area (Å²) in [6.45, 7) is 1.03. The van der Waals surface area contributed by atoms with E-state index in [1.54, 1.807) is 42.3 Å². The molecule has 30 heavy (non-hydrogen) atoms. The number of fused-ring (bicyclic) bond motifs is 1. The number of hydrogen-bond donors (Lipinski definition) is 0. The monoisotopic (exact) mass is 449 g/mol. The van der Waals surface area contributed by atoms with Crippen molar-refractivity contribution in [3.8, 4) is 0 Å². The van der Waals surface area contributed by atoms with Crippen molar-refractivity contribution in [3.05, 3.63) is 63.6 Å². The molecule has 1 aliphatic rings. The van der Waals surface area contributed by atoms with Gasteiger partial charge in [-0.1, -0.05) is 23.7 Å². The van der Waals surface area contributed by atoms with E-state index < -0.39 is 15.8 Å². The molecule has 4 rings (SSSR count). The molecular weight excluding hydrogens is 430 g/mol. The summed E-state index contributed by atoms with van der Waals surface area (Å²) >= 11 is 5.87. The number of piperazine rings is 1. The largest absolute Gasteiger partial charge is 0.419 e. The second-order valence-corrected chi connectivity index (χ2v) is 9.52. The average Bonchev–Trinajstić information content (AvgIpc) is 3.03. The molecule has 1 aliphatic heterocycles. The zero-order chi connectivity index (χ0) is 21.5. The van der Waals surface area contributed by atoms with Crippen LogP contribution in [0.25, 0.3) is 11.1 Å². The summed E-state index contributed by atoms with van der Waals surface area (Å²) in [4.78, 5) is 25.9. The molecule has 0 spiro atoms. The Labute approximate surface area is 178 Å². The summed E-state index contributed by atoms with van der Waals surface area (Å²) in [6, 6.07) is 11.5. The summed E-state index contributed by atoms with van der Waals surface area (Å²) in [5, 5.41) is 0.609. The molecule has 3 aromatic rings. The number of rotatable bonds is 4. The molecule has 1 aromatic heterocycles. The molecule has 0 bridgehead atoms. The van der Waals surface area contributed by atoms with E-state index in [1.807, 2.05) is 0 Å². The number of hydrogen-bond acceptors (Lipinski definition) is 5. The second-order valence-electron chi connectivity index (χ2n) is 7.14. The third-order valence-corrected chi connectivity index (χ3v) is 7.41. The van der Waals surface area contributed by atoms with Gasteiger partial charge in [-0.25, -0.2) is 13.2 Å². The topological polar surface area (TPSA) is 92.8 Å². The van der Waals surface area contributed by atoms with Crippen molar-refractivity contribution in [2.24, 2.45) is 7.05 Å². The Balaban J connectivity index is 1.44. The van der Waals surface area contributed by atoms with Crippen molar-refractivity contribution in [1.29, 1.82) is 0 Å². The molecule has 1 saturated heterocycles. The first-order valence-corrected chi connectivity index (χ1v) is 11.2. The average molecular weight is 450 g/mol. The molecule has 0 N–H and O–H groups in total. The number of carbonyl (C=O) groups is 1. The van der Waals surface area contributed by atoms with Gasteiger partial charge in [0.2, 0.25) is 15.9 Å². The van der Waals surface area contributed by atoms with E-state index in [1.165, 1.54) is 21.0 Å². The molecule has 0 saturated carbocycles. The lowest BCUT2D eigenvalue weighted by Gasteiger charge is -2.34. The van der Waals surface area contributed by atoms with Crippen LogP contribution in [0.15, 0.2) is 56.6 Å². The Bertz CT molecular complexity index is 1260. The van der Waals surface area contributed by atoms with Crippen LogP contribution in [0.1, 0.15) is 5.56 Å². The minimum atomic E-state index is -3.76. The minimum Gasteiger partial charge on any atom is -0.408 e. The van der Waals surface area contributed by atoms with Crippen molar-refractivity contribution in [2.45, 2.75) is 11.3 Å². The summed E-state index contributed by atoms with van der Waals surface area (Å²) < 4.78 is 33.8. The highest BCUT2D eigenvalue weighted by molar-refractivity contribution is 7.89. The van der Waals surface area contributed by atoms with Crippen LogP contribution in [0.4, 0.5) is 0 Å². The number of halogens is 1. The van der Waals surface area contributed by atoms with Crippen molar-refractivity contribution >= 4 is 38.6 Å². The van der Waals surface area contributed by atoms with Gasteiger partial charge in [-0.05, 0) is 29.8 Å². The predicted molar refractivity (Wildman–Crippen MR) is 112 cm³/mol. The van der Waals surface area contributed by atoms with E-state index in [0.717, 1.165) is 5.56 Å². The van der Waals surface area contributed by atoms with E-state index in [2.05, 4.69) is 0 Å². The van der Waals surface area contributed by atoms with Crippen LogP contribution in [0, 0.1) is 0 Å². The van der Waals surface area contributed by atoms with Crippen molar-refractivity contribution in [2.75, 3.05) is 26.2 Å². The third-order valence-electron chi connectivity index (χ3n) is 5.26. The molecule has 1 amide bonds. The highest BCUT2D eigenvalue weighted by Crippen LogP contribution is 2.22. The zero-order valence-corrected chi connectivity index (χ0v) is 17.8. The molecule has 0 unspecified atom stereocenters. The number of amides is 1. The normalized spacial score (nSPS) is 15.6. The van der Waals surface area contributed by atoms with E-state index in [0.29, 0.717) is 23.6 Å². The summed E-state index contributed by atoms with van der Waals surface area (Å²) in [5.41, 5.74) is 1.61. The molecule has 10 heteroatoms. The molecule has 8 nitrogen and oxygen atoms in total. The van der Waals surface area contributed by atoms with Crippen LogP contribution in [0.2, 0.25) is 5.02 Å². The van der Waals surface area contributed by atoms with Crippen LogP contribution < -0.4 is 5.76 Å². The van der Waals surface area contributed by atoms with Gasteiger partial charge in [0.15, 0.2) is 5.58 Å². The number of oxazole rings is 1. The van der Waals surface area contributed by atoms with E-state index >= 15 is 0 Å². The minimum absolute atomic E-state index is 0.0538. The highest BCUT2D eigenvalue weighted by atomic mass is 35.5. The molecule has 158 valence electrons. The van der Waals surface area contributed by atoms with Gasteiger partial charge >= 0.3 is 5.76 Å². The molecule has 1 fully saturated rings. The van der Waals surface area contributed by atoms with Gasteiger partial charge in [0, 0.05) is 44.3 Å². The lowest BCUT2D eigenvalue weighted by Crippen LogP contribution is -2.50. The molecular formula is C20H20ClN3O5S.